The molecule has 0 radical (unpaired) electrons. The number of aryl methyl sites for hydroxylation is 2. The second-order valence-corrected chi connectivity index (χ2v) is 10.1. The van der Waals surface area contributed by atoms with E-state index in [0.29, 0.717) is 36.7 Å². The molecule has 1 aromatic carbocycles. The largest absolute Gasteiger partial charge is 0.356 e. The van der Waals surface area contributed by atoms with Gasteiger partial charge in [-0.05, 0) is 68.7 Å². The molecule has 5 nitrogen and oxygen atoms in total. The van der Waals surface area contributed by atoms with Crippen molar-refractivity contribution < 1.29 is 13.2 Å². The minimum atomic E-state index is -3.48. The van der Waals surface area contributed by atoms with Gasteiger partial charge in [0.1, 0.15) is 0 Å². The van der Waals surface area contributed by atoms with Crippen molar-refractivity contribution in [2.45, 2.75) is 63.7 Å². The molecule has 0 unspecified atom stereocenters. The van der Waals surface area contributed by atoms with Crippen LogP contribution in [0.1, 0.15) is 56.1 Å². The molecule has 1 aromatic rings. The van der Waals surface area contributed by atoms with E-state index in [1.165, 1.54) is 36.4 Å². The smallest absolute Gasteiger partial charge is 0.243 e. The molecule has 0 aromatic heterocycles. The number of carbonyl (C=O) groups excluding carboxylic acids is 1. The molecule has 1 aliphatic heterocycles. The first kappa shape index (κ1) is 20.3. The third kappa shape index (κ3) is 4.91. The van der Waals surface area contributed by atoms with E-state index in [2.05, 4.69) is 5.32 Å². The number of nitrogens with one attached hydrogen (secondary N) is 1. The monoisotopic (exact) mass is 392 g/mol. The first-order valence-electron chi connectivity index (χ1n) is 10.2. The molecule has 1 aliphatic carbocycles. The summed E-state index contributed by atoms with van der Waals surface area (Å²) in [5, 5.41) is 3.11. The van der Waals surface area contributed by atoms with Crippen molar-refractivity contribution in [1.29, 1.82) is 0 Å². The quantitative estimate of drug-likeness (QED) is 0.835. The molecule has 2 aliphatic rings. The van der Waals surface area contributed by atoms with Crippen LogP contribution in [0.15, 0.2) is 23.1 Å². The van der Waals surface area contributed by atoms with Gasteiger partial charge in [0.15, 0.2) is 0 Å². The molecular formula is C21H32N2O3S. The molecule has 27 heavy (non-hydrogen) atoms. The number of hydrogen-bond acceptors (Lipinski definition) is 3. The van der Waals surface area contributed by atoms with Crippen LogP contribution in [0.5, 0.6) is 0 Å². The molecule has 1 saturated carbocycles. The van der Waals surface area contributed by atoms with Gasteiger partial charge in [-0.3, -0.25) is 4.79 Å². The van der Waals surface area contributed by atoms with E-state index in [1.807, 2.05) is 19.9 Å². The molecule has 150 valence electrons. The van der Waals surface area contributed by atoms with Crippen molar-refractivity contribution in [2.75, 3.05) is 19.6 Å². The summed E-state index contributed by atoms with van der Waals surface area (Å²) in [6.07, 6.45) is 7.49. The molecule has 1 N–H and O–H groups in total. The van der Waals surface area contributed by atoms with Gasteiger partial charge in [0.25, 0.3) is 0 Å². The Hall–Kier alpha value is -1.40. The SMILES string of the molecule is Cc1ccc(S(=O)(=O)N2CCC(C(=O)NCC3CCCCC3)CC2)cc1C. The summed E-state index contributed by atoms with van der Waals surface area (Å²) in [5.74, 6) is 0.650. The van der Waals surface area contributed by atoms with E-state index < -0.39 is 10.0 Å². The third-order valence-corrected chi connectivity index (χ3v) is 8.13. The number of sulfonamides is 1. The zero-order chi connectivity index (χ0) is 19.4. The van der Waals surface area contributed by atoms with E-state index in [4.69, 9.17) is 0 Å². The fraction of sp³-hybridized carbons (Fsp3) is 0.667. The van der Waals surface area contributed by atoms with E-state index in [-0.39, 0.29) is 11.8 Å². The summed E-state index contributed by atoms with van der Waals surface area (Å²) in [5.41, 5.74) is 2.07. The molecule has 1 heterocycles. The fourth-order valence-electron chi connectivity index (χ4n) is 4.16. The maximum absolute atomic E-state index is 12.9. The zero-order valence-electron chi connectivity index (χ0n) is 16.5. The Bertz CT molecular complexity index is 762. The Labute approximate surface area is 163 Å². The normalized spacial score (nSPS) is 20.5. The van der Waals surface area contributed by atoms with Crippen LogP contribution in [0.2, 0.25) is 0 Å². The van der Waals surface area contributed by atoms with Crippen LogP contribution in [-0.4, -0.2) is 38.3 Å². The highest BCUT2D eigenvalue weighted by Crippen LogP contribution is 2.26. The lowest BCUT2D eigenvalue weighted by molar-refractivity contribution is -0.126. The molecule has 2 fully saturated rings. The van der Waals surface area contributed by atoms with Gasteiger partial charge in [-0.2, -0.15) is 4.31 Å². The highest BCUT2D eigenvalue weighted by Gasteiger charge is 2.32. The van der Waals surface area contributed by atoms with Gasteiger partial charge in [0.2, 0.25) is 15.9 Å². The molecule has 1 amide bonds. The maximum atomic E-state index is 12.9. The molecule has 0 atom stereocenters. The van der Waals surface area contributed by atoms with Crippen LogP contribution in [0, 0.1) is 25.7 Å². The van der Waals surface area contributed by atoms with E-state index >= 15 is 0 Å². The number of rotatable bonds is 5. The first-order chi connectivity index (χ1) is 12.9. The van der Waals surface area contributed by atoms with Crippen LogP contribution in [0.3, 0.4) is 0 Å². The minimum absolute atomic E-state index is 0.0696. The van der Waals surface area contributed by atoms with Gasteiger partial charge < -0.3 is 5.32 Å². The summed E-state index contributed by atoms with van der Waals surface area (Å²) in [6.45, 7) is 5.51. The average Bonchev–Trinajstić information content (AvgIpc) is 2.69. The highest BCUT2D eigenvalue weighted by atomic mass is 32.2. The Morgan fingerprint density at radius 1 is 1.04 bits per heavy atom. The lowest BCUT2D eigenvalue weighted by Gasteiger charge is -2.31. The Morgan fingerprint density at radius 2 is 1.70 bits per heavy atom. The number of piperidine rings is 1. The average molecular weight is 393 g/mol. The van der Waals surface area contributed by atoms with Gasteiger partial charge in [0.05, 0.1) is 4.90 Å². The summed E-state index contributed by atoms with van der Waals surface area (Å²) >= 11 is 0. The van der Waals surface area contributed by atoms with Gasteiger partial charge in [-0.1, -0.05) is 25.3 Å². The van der Waals surface area contributed by atoms with Crippen molar-refractivity contribution in [3.8, 4) is 0 Å². The van der Waals surface area contributed by atoms with E-state index in [1.54, 1.807) is 12.1 Å². The van der Waals surface area contributed by atoms with Crippen LogP contribution >= 0.6 is 0 Å². The molecule has 3 rings (SSSR count). The van der Waals surface area contributed by atoms with Crippen molar-refractivity contribution in [3.63, 3.8) is 0 Å². The van der Waals surface area contributed by atoms with E-state index in [0.717, 1.165) is 17.7 Å². The Morgan fingerprint density at radius 3 is 2.33 bits per heavy atom. The van der Waals surface area contributed by atoms with E-state index in [9.17, 15) is 13.2 Å². The summed E-state index contributed by atoms with van der Waals surface area (Å²) in [4.78, 5) is 12.8. The first-order valence-corrected chi connectivity index (χ1v) is 11.7. The van der Waals surface area contributed by atoms with Crippen molar-refractivity contribution in [1.82, 2.24) is 9.62 Å². The number of carbonyl (C=O) groups is 1. The molecule has 0 bridgehead atoms. The molecular weight excluding hydrogens is 360 g/mol. The summed E-state index contributed by atoms with van der Waals surface area (Å²) in [6, 6.07) is 5.28. The van der Waals surface area contributed by atoms with Crippen molar-refractivity contribution >= 4 is 15.9 Å². The molecule has 0 spiro atoms. The maximum Gasteiger partial charge on any atom is 0.243 e. The second-order valence-electron chi connectivity index (χ2n) is 8.17. The fourth-order valence-corrected chi connectivity index (χ4v) is 5.72. The standard InChI is InChI=1S/C21H32N2O3S/c1-16-8-9-20(14-17(16)2)27(25,26)23-12-10-19(11-13-23)21(24)22-15-18-6-4-3-5-7-18/h8-9,14,18-19H,3-7,10-13,15H2,1-2H3,(H,22,24). The third-order valence-electron chi connectivity index (χ3n) is 6.23. The van der Waals surface area contributed by atoms with Crippen molar-refractivity contribution in [3.05, 3.63) is 29.3 Å². The predicted octanol–water partition coefficient (Wildman–Crippen LogP) is 3.40. The van der Waals surface area contributed by atoms with Gasteiger partial charge >= 0.3 is 0 Å². The predicted molar refractivity (Wildman–Crippen MR) is 107 cm³/mol. The van der Waals surface area contributed by atoms with Crippen LogP contribution in [0.4, 0.5) is 0 Å². The Kier molecular flexibility index (Phi) is 6.58. The number of amides is 1. The number of hydrogen-bond donors (Lipinski definition) is 1. The number of benzene rings is 1. The van der Waals surface area contributed by atoms with Crippen LogP contribution in [-0.2, 0) is 14.8 Å². The highest BCUT2D eigenvalue weighted by molar-refractivity contribution is 7.89. The molecule has 6 heteroatoms. The second kappa shape index (κ2) is 8.74. The van der Waals surface area contributed by atoms with Crippen LogP contribution in [0.25, 0.3) is 0 Å². The Balaban J connectivity index is 1.53. The minimum Gasteiger partial charge on any atom is -0.356 e. The van der Waals surface area contributed by atoms with Gasteiger partial charge in [-0.25, -0.2) is 8.42 Å². The lowest BCUT2D eigenvalue weighted by Crippen LogP contribution is -2.43. The van der Waals surface area contributed by atoms with Gasteiger partial charge in [-0.15, -0.1) is 0 Å². The van der Waals surface area contributed by atoms with Crippen LogP contribution < -0.4 is 5.32 Å². The summed E-state index contributed by atoms with van der Waals surface area (Å²) < 4.78 is 27.3. The van der Waals surface area contributed by atoms with Crippen molar-refractivity contribution in [2.24, 2.45) is 11.8 Å². The van der Waals surface area contributed by atoms with Gasteiger partial charge in [0, 0.05) is 25.6 Å². The topological polar surface area (TPSA) is 66.5 Å². The number of nitrogens with zero attached hydrogens (tertiary/aromatic N) is 1. The summed E-state index contributed by atoms with van der Waals surface area (Å²) in [7, 11) is -3.48. The molecule has 1 saturated heterocycles. The lowest BCUT2D eigenvalue weighted by atomic mass is 9.89. The zero-order valence-corrected chi connectivity index (χ0v) is 17.4.